The molecule has 86 valence electrons. The molecule has 3 aromatic rings. The van der Waals surface area contributed by atoms with Crippen molar-refractivity contribution >= 4 is 32.5 Å². The standard InChI is InChI=1S/C12H10N2O2S/c1-6-3-7(16-2)4-8-9(6)14-12(15)11-10(8)13-5-17-11/h3-5H,1-2H3,(H,14,15). The predicted molar refractivity (Wildman–Crippen MR) is 69.0 cm³/mol. The van der Waals surface area contributed by atoms with Crippen LogP contribution in [0.2, 0.25) is 0 Å². The number of H-pyrrole nitrogens is 1. The molecule has 0 fully saturated rings. The van der Waals surface area contributed by atoms with E-state index in [1.54, 1.807) is 12.6 Å². The Morgan fingerprint density at radius 2 is 2.24 bits per heavy atom. The van der Waals surface area contributed by atoms with Gasteiger partial charge in [0, 0.05) is 5.39 Å². The van der Waals surface area contributed by atoms with Crippen LogP contribution in [0.25, 0.3) is 21.1 Å². The zero-order valence-corrected chi connectivity index (χ0v) is 10.2. The van der Waals surface area contributed by atoms with Gasteiger partial charge in [0.1, 0.15) is 10.4 Å². The van der Waals surface area contributed by atoms with Gasteiger partial charge in [0.2, 0.25) is 0 Å². The minimum Gasteiger partial charge on any atom is -0.497 e. The largest absolute Gasteiger partial charge is 0.497 e. The number of fused-ring (bicyclic) bond motifs is 3. The topological polar surface area (TPSA) is 55.0 Å². The van der Waals surface area contributed by atoms with E-state index >= 15 is 0 Å². The lowest BCUT2D eigenvalue weighted by Gasteiger charge is -2.06. The molecule has 0 amide bonds. The first-order chi connectivity index (χ1) is 8.20. The van der Waals surface area contributed by atoms with Gasteiger partial charge in [0.05, 0.1) is 23.7 Å². The Morgan fingerprint density at radius 1 is 1.41 bits per heavy atom. The average molecular weight is 246 g/mol. The molecule has 5 heteroatoms. The molecule has 1 N–H and O–H groups in total. The Morgan fingerprint density at radius 3 is 3.00 bits per heavy atom. The van der Waals surface area contributed by atoms with Crippen LogP contribution in [0.1, 0.15) is 5.56 Å². The summed E-state index contributed by atoms with van der Waals surface area (Å²) in [6.45, 7) is 1.94. The number of pyridine rings is 1. The summed E-state index contributed by atoms with van der Waals surface area (Å²) in [5.41, 5.74) is 4.16. The van der Waals surface area contributed by atoms with Crippen LogP contribution in [-0.2, 0) is 0 Å². The third-order valence-corrected chi connectivity index (χ3v) is 3.64. The van der Waals surface area contributed by atoms with Crippen LogP contribution in [-0.4, -0.2) is 17.1 Å². The first-order valence-corrected chi connectivity index (χ1v) is 6.02. The quantitative estimate of drug-likeness (QED) is 0.717. The Hall–Kier alpha value is -1.88. The molecule has 4 nitrogen and oxygen atoms in total. The molecular formula is C12H10N2O2S. The molecule has 0 saturated heterocycles. The summed E-state index contributed by atoms with van der Waals surface area (Å²) in [5.74, 6) is 0.774. The Kier molecular flexibility index (Phi) is 2.16. The van der Waals surface area contributed by atoms with Crippen molar-refractivity contribution < 1.29 is 4.74 Å². The molecule has 2 heterocycles. The summed E-state index contributed by atoms with van der Waals surface area (Å²) in [5, 5.41) is 0.928. The highest BCUT2D eigenvalue weighted by Gasteiger charge is 2.10. The number of aromatic nitrogens is 2. The summed E-state index contributed by atoms with van der Waals surface area (Å²) in [6, 6.07) is 3.80. The van der Waals surface area contributed by atoms with Gasteiger partial charge in [0.15, 0.2) is 0 Å². The van der Waals surface area contributed by atoms with E-state index in [0.717, 1.165) is 27.7 Å². The lowest BCUT2D eigenvalue weighted by Crippen LogP contribution is -2.05. The highest BCUT2D eigenvalue weighted by molar-refractivity contribution is 7.16. The molecular weight excluding hydrogens is 236 g/mol. The number of aryl methyl sites for hydroxylation is 1. The second-order valence-corrected chi connectivity index (χ2v) is 4.71. The minimum atomic E-state index is -0.0803. The van der Waals surface area contributed by atoms with E-state index in [9.17, 15) is 4.79 Å². The molecule has 0 aliphatic rings. The molecule has 0 radical (unpaired) electrons. The van der Waals surface area contributed by atoms with Crippen LogP contribution < -0.4 is 10.3 Å². The fraction of sp³-hybridized carbons (Fsp3) is 0.167. The van der Waals surface area contributed by atoms with E-state index in [-0.39, 0.29) is 5.56 Å². The van der Waals surface area contributed by atoms with Gasteiger partial charge in [0.25, 0.3) is 5.56 Å². The first-order valence-electron chi connectivity index (χ1n) is 5.14. The van der Waals surface area contributed by atoms with Crippen molar-refractivity contribution in [3.05, 3.63) is 33.6 Å². The van der Waals surface area contributed by atoms with Gasteiger partial charge in [-0.15, -0.1) is 11.3 Å². The van der Waals surface area contributed by atoms with Crippen molar-refractivity contribution in [1.82, 2.24) is 9.97 Å². The predicted octanol–water partition coefficient (Wildman–Crippen LogP) is 2.45. The number of benzene rings is 1. The van der Waals surface area contributed by atoms with Crippen LogP contribution in [0, 0.1) is 6.92 Å². The lowest BCUT2D eigenvalue weighted by atomic mass is 10.1. The normalized spacial score (nSPS) is 11.2. The molecule has 3 rings (SSSR count). The number of hydrogen-bond acceptors (Lipinski definition) is 4. The van der Waals surface area contributed by atoms with Gasteiger partial charge in [-0.1, -0.05) is 0 Å². The zero-order chi connectivity index (χ0) is 12.0. The molecule has 17 heavy (non-hydrogen) atoms. The second-order valence-electron chi connectivity index (χ2n) is 3.85. The maximum atomic E-state index is 11.8. The van der Waals surface area contributed by atoms with Gasteiger partial charge >= 0.3 is 0 Å². The molecule has 0 spiro atoms. The SMILES string of the molecule is COc1cc(C)c2[nH]c(=O)c3scnc3c2c1. The van der Waals surface area contributed by atoms with Crippen LogP contribution in [0.15, 0.2) is 22.4 Å². The maximum Gasteiger partial charge on any atom is 0.268 e. The summed E-state index contributed by atoms with van der Waals surface area (Å²) in [6.07, 6.45) is 0. The molecule has 0 aliphatic heterocycles. The van der Waals surface area contributed by atoms with Crippen molar-refractivity contribution in [2.45, 2.75) is 6.92 Å². The van der Waals surface area contributed by atoms with Gasteiger partial charge in [-0.05, 0) is 24.6 Å². The molecule has 0 saturated carbocycles. The molecule has 0 atom stereocenters. The Bertz CT molecular complexity index is 773. The number of nitrogens with one attached hydrogen (secondary N) is 1. The highest BCUT2D eigenvalue weighted by Crippen LogP contribution is 2.28. The van der Waals surface area contributed by atoms with Gasteiger partial charge < -0.3 is 9.72 Å². The fourth-order valence-electron chi connectivity index (χ4n) is 1.99. The Balaban J connectivity index is 2.60. The van der Waals surface area contributed by atoms with E-state index in [2.05, 4.69) is 9.97 Å². The summed E-state index contributed by atoms with van der Waals surface area (Å²) in [7, 11) is 1.63. The zero-order valence-electron chi connectivity index (χ0n) is 9.40. The van der Waals surface area contributed by atoms with E-state index in [1.807, 2.05) is 19.1 Å². The summed E-state index contributed by atoms with van der Waals surface area (Å²) in [4.78, 5) is 19.0. The van der Waals surface area contributed by atoms with E-state index < -0.39 is 0 Å². The van der Waals surface area contributed by atoms with Crippen molar-refractivity contribution in [2.75, 3.05) is 7.11 Å². The van der Waals surface area contributed by atoms with Crippen LogP contribution in [0.4, 0.5) is 0 Å². The van der Waals surface area contributed by atoms with Crippen molar-refractivity contribution in [1.29, 1.82) is 0 Å². The lowest BCUT2D eigenvalue weighted by molar-refractivity contribution is 0.415. The monoisotopic (exact) mass is 246 g/mol. The average Bonchev–Trinajstić information content (AvgIpc) is 2.80. The summed E-state index contributed by atoms with van der Waals surface area (Å²) < 4.78 is 5.90. The number of methoxy groups -OCH3 is 1. The molecule has 0 aliphatic carbocycles. The van der Waals surface area contributed by atoms with E-state index in [0.29, 0.717) is 4.70 Å². The number of thiazole rings is 1. The van der Waals surface area contributed by atoms with Gasteiger partial charge in [-0.25, -0.2) is 4.98 Å². The van der Waals surface area contributed by atoms with Crippen LogP contribution in [0.5, 0.6) is 5.75 Å². The number of aromatic amines is 1. The van der Waals surface area contributed by atoms with Crippen LogP contribution in [0.3, 0.4) is 0 Å². The third-order valence-electron chi connectivity index (χ3n) is 2.81. The minimum absolute atomic E-state index is 0.0803. The summed E-state index contributed by atoms with van der Waals surface area (Å²) >= 11 is 1.35. The maximum absolute atomic E-state index is 11.8. The smallest absolute Gasteiger partial charge is 0.268 e. The van der Waals surface area contributed by atoms with E-state index in [1.165, 1.54) is 11.3 Å². The number of hydrogen-bond donors (Lipinski definition) is 1. The van der Waals surface area contributed by atoms with Gasteiger partial charge in [-0.2, -0.15) is 0 Å². The molecule has 0 unspecified atom stereocenters. The number of ether oxygens (including phenoxy) is 1. The third kappa shape index (κ3) is 1.43. The first kappa shape index (κ1) is 10.3. The fourth-order valence-corrected chi connectivity index (χ4v) is 2.69. The van der Waals surface area contributed by atoms with E-state index in [4.69, 9.17) is 4.74 Å². The Labute approximate surface area is 101 Å². The van der Waals surface area contributed by atoms with Crippen molar-refractivity contribution in [3.63, 3.8) is 0 Å². The molecule has 2 aromatic heterocycles. The van der Waals surface area contributed by atoms with Crippen molar-refractivity contribution in [3.8, 4) is 5.75 Å². The number of rotatable bonds is 1. The molecule has 0 bridgehead atoms. The second kappa shape index (κ2) is 3.56. The molecule has 1 aromatic carbocycles. The van der Waals surface area contributed by atoms with Gasteiger partial charge in [-0.3, -0.25) is 4.79 Å². The number of nitrogens with zero attached hydrogens (tertiary/aromatic N) is 1. The van der Waals surface area contributed by atoms with Crippen molar-refractivity contribution in [2.24, 2.45) is 0 Å². The highest BCUT2D eigenvalue weighted by atomic mass is 32.1. The van der Waals surface area contributed by atoms with Crippen LogP contribution >= 0.6 is 11.3 Å².